The molecule has 1 saturated carbocycles. The molecule has 4 atom stereocenters. The van der Waals surface area contributed by atoms with Crippen molar-refractivity contribution in [3.8, 4) is 5.75 Å². The summed E-state index contributed by atoms with van der Waals surface area (Å²) in [5.41, 5.74) is 1.40. The quantitative estimate of drug-likeness (QED) is 0.726. The molecule has 0 amide bonds. The lowest BCUT2D eigenvalue weighted by molar-refractivity contribution is 0.204. The first-order valence-corrected chi connectivity index (χ1v) is 6.66. The summed E-state index contributed by atoms with van der Waals surface area (Å²) in [5.74, 6) is 2.26. The highest BCUT2D eigenvalue weighted by Crippen LogP contribution is 2.46. The Labute approximate surface area is 103 Å². The fourth-order valence-electron chi connectivity index (χ4n) is 2.49. The van der Waals surface area contributed by atoms with Gasteiger partial charge in [-0.1, -0.05) is 26.0 Å². The van der Waals surface area contributed by atoms with Crippen LogP contribution < -0.4 is 4.74 Å². The van der Waals surface area contributed by atoms with E-state index < -0.39 is 0 Å². The SMILES string of the molecule is CCC(C)c1ccc(OCC2CC3OC23)cc1. The van der Waals surface area contributed by atoms with E-state index in [2.05, 4.69) is 38.1 Å². The summed E-state index contributed by atoms with van der Waals surface area (Å²) in [4.78, 5) is 0. The van der Waals surface area contributed by atoms with Crippen molar-refractivity contribution in [3.63, 3.8) is 0 Å². The molecule has 1 saturated heterocycles. The van der Waals surface area contributed by atoms with E-state index in [0.29, 0.717) is 24.0 Å². The van der Waals surface area contributed by atoms with Gasteiger partial charge in [0.1, 0.15) is 5.75 Å². The van der Waals surface area contributed by atoms with E-state index in [1.807, 2.05) is 0 Å². The maximum atomic E-state index is 5.80. The molecule has 2 heteroatoms. The first-order chi connectivity index (χ1) is 8.28. The summed E-state index contributed by atoms with van der Waals surface area (Å²) in [7, 11) is 0. The summed E-state index contributed by atoms with van der Waals surface area (Å²) in [5, 5.41) is 0. The van der Waals surface area contributed by atoms with E-state index in [0.717, 1.165) is 12.4 Å². The second-order valence-electron chi connectivity index (χ2n) is 5.32. The highest BCUT2D eigenvalue weighted by atomic mass is 16.6. The molecule has 2 aliphatic rings. The van der Waals surface area contributed by atoms with Gasteiger partial charge in [-0.05, 0) is 36.5 Å². The average molecular weight is 232 g/mol. The van der Waals surface area contributed by atoms with Gasteiger partial charge in [0.05, 0.1) is 18.8 Å². The van der Waals surface area contributed by atoms with Gasteiger partial charge >= 0.3 is 0 Å². The molecule has 92 valence electrons. The molecule has 1 aliphatic heterocycles. The number of hydrogen-bond donors (Lipinski definition) is 0. The smallest absolute Gasteiger partial charge is 0.119 e. The van der Waals surface area contributed by atoms with Gasteiger partial charge in [0.15, 0.2) is 0 Å². The minimum Gasteiger partial charge on any atom is -0.493 e. The highest BCUT2D eigenvalue weighted by molar-refractivity contribution is 5.29. The number of hydrogen-bond acceptors (Lipinski definition) is 2. The van der Waals surface area contributed by atoms with E-state index in [4.69, 9.17) is 9.47 Å². The van der Waals surface area contributed by atoms with Gasteiger partial charge < -0.3 is 9.47 Å². The molecular formula is C15H20O2. The van der Waals surface area contributed by atoms with Crippen molar-refractivity contribution in [3.05, 3.63) is 29.8 Å². The minimum absolute atomic E-state index is 0.523. The van der Waals surface area contributed by atoms with E-state index in [1.165, 1.54) is 18.4 Å². The molecule has 3 rings (SSSR count). The summed E-state index contributed by atoms with van der Waals surface area (Å²) in [6.07, 6.45) is 3.48. The van der Waals surface area contributed by atoms with Crippen LogP contribution in [0.15, 0.2) is 24.3 Å². The van der Waals surface area contributed by atoms with E-state index in [-0.39, 0.29) is 0 Å². The molecule has 1 aromatic rings. The Balaban J connectivity index is 1.52. The molecule has 4 unspecified atom stereocenters. The van der Waals surface area contributed by atoms with Crippen LogP contribution in [0.2, 0.25) is 0 Å². The number of ether oxygens (including phenoxy) is 2. The van der Waals surface area contributed by atoms with Gasteiger partial charge in [-0.3, -0.25) is 0 Å². The Kier molecular flexibility index (Phi) is 2.83. The van der Waals surface area contributed by atoms with Crippen molar-refractivity contribution in [2.75, 3.05) is 6.61 Å². The van der Waals surface area contributed by atoms with E-state index in [9.17, 15) is 0 Å². The van der Waals surface area contributed by atoms with Crippen molar-refractivity contribution in [1.29, 1.82) is 0 Å². The number of rotatable bonds is 5. The predicted octanol–water partition coefficient (Wildman–Crippen LogP) is 3.37. The van der Waals surface area contributed by atoms with Crippen molar-refractivity contribution >= 4 is 0 Å². The van der Waals surface area contributed by atoms with Crippen LogP contribution in [0.4, 0.5) is 0 Å². The number of fused-ring (bicyclic) bond motifs is 1. The van der Waals surface area contributed by atoms with E-state index >= 15 is 0 Å². The zero-order valence-electron chi connectivity index (χ0n) is 10.6. The topological polar surface area (TPSA) is 21.8 Å². The predicted molar refractivity (Wildman–Crippen MR) is 67.4 cm³/mol. The van der Waals surface area contributed by atoms with Crippen LogP contribution in [0.5, 0.6) is 5.75 Å². The normalized spacial score (nSPS) is 31.3. The van der Waals surface area contributed by atoms with E-state index in [1.54, 1.807) is 0 Å². The molecule has 0 N–H and O–H groups in total. The molecule has 1 aliphatic carbocycles. The first kappa shape index (κ1) is 11.1. The fourth-order valence-corrected chi connectivity index (χ4v) is 2.49. The molecule has 1 heterocycles. The van der Waals surface area contributed by atoms with Crippen LogP contribution in [-0.4, -0.2) is 18.8 Å². The van der Waals surface area contributed by atoms with Crippen LogP contribution >= 0.6 is 0 Å². The van der Waals surface area contributed by atoms with Gasteiger partial charge in [0, 0.05) is 5.92 Å². The van der Waals surface area contributed by atoms with Crippen LogP contribution in [0.1, 0.15) is 38.2 Å². The average Bonchev–Trinajstić information content (AvgIpc) is 3.00. The second-order valence-corrected chi connectivity index (χ2v) is 5.32. The molecule has 1 aromatic carbocycles. The van der Waals surface area contributed by atoms with Gasteiger partial charge in [-0.15, -0.1) is 0 Å². The summed E-state index contributed by atoms with van der Waals surface area (Å²) in [6, 6.07) is 8.54. The molecule has 0 radical (unpaired) electrons. The largest absolute Gasteiger partial charge is 0.493 e. The second kappa shape index (κ2) is 4.34. The van der Waals surface area contributed by atoms with Crippen molar-refractivity contribution in [2.45, 2.75) is 44.8 Å². The third-order valence-corrected chi connectivity index (χ3v) is 4.15. The molecule has 2 fully saturated rings. The third-order valence-electron chi connectivity index (χ3n) is 4.15. The summed E-state index contributed by atoms with van der Waals surface area (Å²) < 4.78 is 11.2. The summed E-state index contributed by atoms with van der Waals surface area (Å²) in [6.45, 7) is 5.29. The molecule has 0 spiro atoms. The standard InChI is InChI=1S/C15H20O2/c1-3-10(2)11-4-6-13(7-5-11)16-9-12-8-14-15(12)17-14/h4-7,10,12,14-15H,3,8-9H2,1-2H3. The van der Waals surface area contributed by atoms with Crippen LogP contribution in [-0.2, 0) is 4.74 Å². The lowest BCUT2D eigenvalue weighted by Gasteiger charge is -2.20. The zero-order valence-corrected chi connectivity index (χ0v) is 10.6. The Hall–Kier alpha value is -1.02. The van der Waals surface area contributed by atoms with Crippen molar-refractivity contribution in [1.82, 2.24) is 0 Å². The third kappa shape index (κ3) is 2.19. The fraction of sp³-hybridized carbons (Fsp3) is 0.600. The van der Waals surface area contributed by atoms with Crippen LogP contribution in [0.25, 0.3) is 0 Å². The van der Waals surface area contributed by atoms with Gasteiger partial charge in [-0.25, -0.2) is 0 Å². The Morgan fingerprint density at radius 1 is 1.35 bits per heavy atom. The van der Waals surface area contributed by atoms with Gasteiger partial charge in [-0.2, -0.15) is 0 Å². The Bertz CT molecular complexity index is 384. The van der Waals surface area contributed by atoms with Crippen LogP contribution in [0.3, 0.4) is 0 Å². The summed E-state index contributed by atoms with van der Waals surface area (Å²) >= 11 is 0. The highest BCUT2D eigenvalue weighted by Gasteiger charge is 2.56. The maximum absolute atomic E-state index is 5.80. The molecular weight excluding hydrogens is 212 g/mol. The maximum Gasteiger partial charge on any atom is 0.119 e. The van der Waals surface area contributed by atoms with Gasteiger partial charge in [0.2, 0.25) is 0 Å². The lowest BCUT2D eigenvalue weighted by Crippen LogP contribution is -2.29. The minimum atomic E-state index is 0.523. The first-order valence-electron chi connectivity index (χ1n) is 6.66. The lowest BCUT2D eigenvalue weighted by atomic mass is 9.86. The zero-order chi connectivity index (χ0) is 11.8. The molecule has 17 heavy (non-hydrogen) atoms. The number of epoxide rings is 1. The molecule has 2 nitrogen and oxygen atoms in total. The van der Waals surface area contributed by atoms with Gasteiger partial charge in [0.25, 0.3) is 0 Å². The Morgan fingerprint density at radius 3 is 2.65 bits per heavy atom. The van der Waals surface area contributed by atoms with Crippen molar-refractivity contribution in [2.24, 2.45) is 5.92 Å². The van der Waals surface area contributed by atoms with Crippen molar-refractivity contribution < 1.29 is 9.47 Å². The molecule has 0 aromatic heterocycles. The Morgan fingerprint density at radius 2 is 2.12 bits per heavy atom. The monoisotopic (exact) mass is 232 g/mol. The molecule has 0 bridgehead atoms. The van der Waals surface area contributed by atoms with Crippen LogP contribution in [0, 0.1) is 5.92 Å². The number of benzene rings is 1.